The number of nitrogens with zero attached hydrogens (tertiary/aromatic N) is 2. The van der Waals surface area contributed by atoms with Crippen molar-refractivity contribution >= 4 is 43.6 Å². The van der Waals surface area contributed by atoms with Crippen molar-refractivity contribution in [1.82, 2.24) is 9.13 Å². The maximum Gasteiger partial charge on any atom is 0.197 e. The molecule has 7 aromatic rings. The van der Waals surface area contributed by atoms with Crippen molar-refractivity contribution < 1.29 is 0 Å². The Hall–Kier alpha value is -4.96. The highest BCUT2D eigenvalue weighted by Gasteiger charge is 2.35. The van der Waals surface area contributed by atoms with Gasteiger partial charge in [-0.05, 0) is 151 Å². The summed E-state index contributed by atoms with van der Waals surface area (Å²) in [6.45, 7) is 41.6. The Morgan fingerprint density at radius 2 is 0.621 bits per heavy atom. The Kier molecular flexibility index (Phi) is 10.3. The highest BCUT2D eigenvalue weighted by atomic mass is 16.1. The van der Waals surface area contributed by atoms with E-state index in [1.54, 1.807) is 0 Å². The van der Waals surface area contributed by atoms with Crippen LogP contribution in [0.4, 0.5) is 0 Å². The predicted octanol–water partition coefficient (Wildman–Crippen LogP) is 16.1. The topological polar surface area (TPSA) is 44.0 Å². The quantitative estimate of drug-likeness (QED) is 0.165. The first-order chi connectivity index (χ1) is 30.4. The van der Waals surface area contributed by atoms with E-state index in [4.69, 9.17) is 0 Å². The van der Waals surface area contributed by atoms with Crippen LogP contribution in [0.3, 0.4) is 0 Å². The van der Waals surface area contributed by atoms with E-state index in [0.29, 0.717) is 33.4 Å². The lowest BCUT2D eigenvalue weighted by molar-refractivity contribution is 0.544. The molecule has 66 heavy (non-hydrogen) atoms. The first-order valence-corrected chi connectivity index (χ1v) is 24.9. The Bertz CT molecular complexity index is 2990. The van der Waals surface area contributed by atoms with Crippen LogP contribution in [-0.2, 0) is 32.5 Å². The van der Waals surface area contributed by atoms with E-state index in [0.717, 1.165) is 59.1 Å². The number of hydrogen-bond acceptors (Lipinski definition) is 2. The summed E-state index contributed by atoms with van der Waals surface area (Å²) in [7, 11) is 0. The van der Waals surface area contributed by atoms with Gasteiger partial charge in [-0.15, -0.1) is 0 Å². The normalized spacial score (nSPS) is 15.8. The van der Waals surface area contributed by atoms with Gasteiger partial charge in [-0.3, -0.25) is 9.59 Å². The number of fused-ring (bicyclic) bond motifs is 4. The smallest absolute Gasteiger partial charge is 0.197 e. The molecule has 2 aromatic heterocycles. The molecule has 0 unspecified atom stereocenters. The van der Waals surface area contributed by atoms with Crippen LogP contribution in [-0.4, -0.2) is 9.13 Å². The van der Waals surface area contributed by atoms with Gasteiger partial charge < -0.3 is 9.13 Å². The molecule has 4 nitrogen and oxygen atoms in total. The molecule has 4 heteroatoms. The largest absolute Gasteiger partial charge is 0.308 e. The summed E-state index contributed by atoms with van der Waals surface area (Å²) in [6.07, 6.45) is 4.64. The van der Waals surface area contributed by atoms with Gasteiger partial charge in [0.2, 0.25) is 0 Å². The summed E-state index contributed by atoms with van der Waals surface area (Å²) in [5.41, 5.74) is 14.5. The van der Waals surface area contributed by atoms with Crippen molar-refractivity contribution in [3.8, 4) is 11.4 Å². The molecule has 0 atom stereocenters. The van der Waals surface area contributed by atoms with E-state index >= 15 is 9.59 Å². The number of pyridine rings is 2. The highest BCUT2D eigenvalue weighted by molar-refractivity contribution is 6.06. The van der Waals surface area contributed by atoms with Crippen molar-refractivity contribution in [1.29, 1.82) is 0 Å². The number of aromatic nitrogens is 2. The maximum absolute atomic E-state index is 15.6. The molecule has 0 bridgehead atoms. The van der Waals surface area contributed by atoms with Crippen molar-refractivity contribution in [2.45, 2.75) is 195 Å². The standard InChI is InChI=1S/C62H76N2O2/c1-57(2,3)39-29-45(59(7,8)9)53(46(30-39)60(10,11)12)63-49-27-37(35-19-20-35)23-25-41(49)55(65)43-34-52-44(33-51(43)63)56(66)42-26-24-38(36-21-22-36)28-50(42)64(52)54-47(61(13,14)15)31-40(58(4,5)6)32-48(54)62(16,17)18/h23-36H,19-22H2,1-18H3. The molecule has 0 radical (unpaired) electrons. The average molecular weight is 881 g/mol. The van der Waals surface area contributed by atoms with Gasteiger partial charge in [-0.2, -0.15) is 0 Å². The lowest BCUT2D eigenvalue weighted by atomic mass is 9.74. The molecule has 0 amide bonds. The molecule has 2 fully saturated rings. The molecule has 0 saturated heterocycles. The molecule has 9 rings (SSSR count). The Balaban J connectivity index is 1.57. The molecule has 0 aliphatic heterocycles. The van der Waals surface area contributed by atoms with Gasteiger partial charge in [0, 0.05) is 21.5 Å². The van der Waals surface area contributed by atoms with E-state index in [1.165, 1.54) is 44.5 Å². The second-order valence-corrected chi connectivity index (χ2v) is 26.7. The third-order valence-electron chi connectivity index (χ3n) is 14.8. The number of benzene rings is 5. The first-order valence-electron chi connectivity index (χ1n) is 24.9. The molecule has 0 spiro atoms. The van der Waals surface area contributed by atoms with E-state index in [1.807, 2.05) is 0 Å². The molecular formula is C62H76N2O2. The Morgan fingerprint density at radius 1 is 0.348 bits per heavy atom. The summed E-state index contributed by atoms with van der Waals surface area (Å²) in [6, 6.07) is 27.1. The molecule has 2 saturated carbocycles. The highest BCUT2D eigenvalue weighted by Crippen LogP contribution is 2.48. The van der Waals surface area contributed by atoms with Crippen molar-refractivity contribution in [2.24, 2.45) is 0 Å². The minimum absolute atomic E-state index is 0.00224. The van der Waals surface area contributed by atoms with Crippen LogP contribution in [0.15, 0.2) is 82.4 Å². The first kappa shape index (κ1) is 46.2. The zero-order chi connectivity index (χ0) is 48.2. The zero-order valence-corrected chi connectivity index (χ0v) is 43.6. The SMILES string of the molecule is CC(C)(C)c1cc(C(C)(C)C)c(-n2c3cc(C4CC4)ccc3c(=O)c3cc4c(cc32)c(=O)c2ccc(C3CC3)cc2n4-c2c(C(C)(C)C)cc(C(C)(C)C)cc2C(C)(C)C)c(C(C)(C)C)c1. The fraction of sp³-hybridized carbons (Fsp3) is 0.484. The van der Waals surface area contributed by atoms with Gasteiger partial charge in [0.1, 0.15) is 0 Å². The van der Waals surface area contributed by atoms with Gasteiger partial charge in [0.25, 0.3) is 0 Å². The third kappa shape index (κ3) is 7.86. The minimum Gasteiger partial charge on any atom is -0.308 e. The lowest BCUT2D eigenvalue weighted by Gasteiger charge is -2.36. The predicted molar refractivity (Wildman–Crippen MR) is 284 cm³/mol. The van der Waals surface area contributed by atoms with Crippen LogP contribution in [0.25, 0.3) is 55.0 Å². The lowest BCUT2D eigenvalue weighted by Crippen LogP contribution is -2.26. The van der Waals surface area contributed by atoms with Crippen LogP contribution >= 0.6 is 0 Å². The van der Waals surface area contributed by atoms with Crippen LogP contribution in [0.1, 0.15) is 207 Å². The van der Waals surface area contributed by atoms with E-state index in [2.05, 4.69) is 207 Å². The van der Waals surface area contributed by atoms with Gasteiger partial charge in [-0.1, -0.05) is 161 Å². The van der Waals surface area contributed by atoms with Crippen molar-refractivity contribution in [2.75, 3.05) is 0 Å². The van der Waals surface area contributed by atoms with Gasteiger partial charge in [-0.25, -0.2) is 0 Å². The van der Waals surface area contributed by atoms with Gasteiger partial charge in [0.15, 0.2) is 10.9 Å². The summed E-state index contributed by atoms with van der Waals surface area (Å²) in [4.78, 5) is 31.2. The fourth-order valence-electron chi connectivity index (χ4n) is 10.4. The monoisotopic (exact) mass is 881 g/mol. The Morgan fingerprint density at radius 3 is 0.864 bits per heavy atom. The van der Waals surface area contributed by atoms with Crippen LogP contribution in [0.2, 0.25) is 0 Å². The van der Waals surface area contributed by atoms with Gasteiger partial charge >= 0.3 is 0 Å². The maximum atomic E-state index is 15.6. The summed E-state index contributed by atoms with van der Waals surface area (Å²) >= 11 is 0. The minimum atomic E-state index is -0.253. The molecule has 2 aliphatic rings. The van der Waals surface area contributed by atoms with Crippen LogP contribution in [0.5, 0.6) is 0 Å². The second kappa shape index (κ2) is 14.8. The van der Waals surface area contributed by atoms with E-state index < -0.39 is 0 Å². The number of hydrogen-bond donors (Lipinski definition) is 0. The average Bonchev–Trinajstić information content (AvgIpc) is 4.13. The summed E-state index contributed by atoms with van der Waals surface area (Å²) in [5, 5.41) is 2.66. The third-order valence-corrected chi connectivity index (χ3v) is 14.8. The molecular weight excluding hydrogens is 805 g/mol. The number of rotatable bonds is 4. The summed E-state index contributed by atoms with van der Waals surface area (Å²) in [5.74, 6) is 0.992. The van der Waals surface area contributed by atoms with Crippen LogP contribution in [0, 0.1) is 0 Å². The second-order valence-electron chi connectivity index (χ2n) is 26.7. The molecule has 5 aromatic carbocycles. The zero-order valence-electron chi connectivity index (χ0n) is 43.6. The van der Waals surface area contributed by atoms with E-state index in [-0.39, 0.29) is 43.3 Å². The molecule has 346 valence electrons. The van der Waals surface area contributed by atoms with Crippen LogP contribution < -0.4 is 10.9 Å². The fourth-order valence-corrected chi connectivity index (χ4v) is 10.4. The van der Waals surface area contributed by atoms with Crippen molar-refractivity contribution in [3.63, 3.8) is 0 Å². The molecule has 2 aliphatic carbocycles. The summed E-state index contributed by atoms with van der Waals surface area (Å²) < 4.78 is 4.82. The van der Waals surface area contributed by atoms with Crippen molar-refractivity contribution in [3.05, 3.63) is 138 Å². The Labute approximate surface area is 394 Å². The molecule has 0 N–H and O–H groups in total. The molecule has 2 heterocycles. The van der Waals surface area contributed by atoms with Gasteiger partial charge in [0.05, 0.1) is 33.4 Å². The van der Waals surface area contributed by atoms with E-state index in [9.17, 15) is 0 Å².